The molecule has 0 unspecified atom stereocenters. The first-order valence-corrected chi connectivity index (χ1v) is 8.06. The average Bonchev–Trinajstić information content (AvgIpc) is 2.51. The van der Waals surface area contributed by atoms with Crippen molar-refractivity contribution in [3.05, 3.63) is 35.9 Å². The summed E-state index contributed by atoms with van der Waals surface area (Å²) in [6, 6.07) is 8.92. The number of hydrogen-bond donors (Lipinski definition) is 3. The smallest absolute Gasteiger partial charge is 0.726 e. The summed E-state index contributed by atoms with van der Waals surface area (Å²) >= 11 is 0. The van der Waals surface area contributed by atoms with Crippen LogP contribution < -0.4 is 29.6 Å². The number of benzene rings is 1. The molecule has 1 heterocycles. The molecule has 9 nitrogen and oxygen atoms in total. The molecule has 0 amide bonds. The Hall–Kier alpha value is -0.110. The van der Waals surface area contributed by atoms with Crippen LogP contribution in [0.5, 0.6) is 0 Å². The first kappa shape index (κ1) is 21.9. The van der Waals surface area contributed by atoms with Crippen molar-refractivity contribution in [2.45, 2.75) is 37.3 Å². The third-order valence-electron chi connectivity index (χ3n) is 3.30. The molecule has 1 fully saturated rings. The van der Waals surface area contributed by atoms with Crippen LogP contribution in [0.3, 0.4) is 0 Å². The molecule has 0 aromatic heterocycles. The molecule has 1 aliphatic rings. The zero-order valence-corrected chi connectivity index (χ0v) is 15.7. The topological polar surface area (TPSA) is 146 Å². The summed E-state index contributed by atoms with van der Waals surface area (Å²) in [4.78, 5) is 0. The molecule has 130 valence electrons. The van der Waals surface area contributed by atoms with Crippen LogP contribution in [-0.4, -0.2) is 65.6 Å². The molecule has 1 aliphatic heterocycles. The van der Waals surface area contributed by atoms with E-state index in [1.54, 1.807) is 24.3 Å². The van der Waals surface area contributed by atoms with Gasteiger partial charge in [0.15, 0.2) is 6.29 Å². The van der Waals surface area contributed by atoms with Crippen molar-refractivity contribution in [2.75, 3.05) is 6.61 Å². The Morgan fingerprint density at radius 3 is 2.29 bits per heavy atom. The number of hydrogen-bond acceptors (Lipinski definition) is 9. The maximum Gasteiger partial charge on any atom is 1.00 e. The molecule has 0 spiro atoms. The van der Waals surface area contributed by atoms with E-state index in [1.807, 2.05) is 6.07 Å². The van der Waals surface area contributed by atoms with Crippen molar-refractivity contribution in [2.24, 2.45) is 0 Å². The van der Waals surface area contributed by atoms with Gasteiger partial charge < -0.3 is 29.3 Å². The largest absolute Gasteiger partial charge is 1.00 e. The Kier molecular flexibility index (Phi) is 8.73. The van der Waals surface area contributed by atoms with E-state index in [2.05, 4.69) is 4.18 Å². The van der Waals surface area contributed by atoms with Crippen LogP contribution in [0.15, 0.2) is 30.3 Å². The van der Waals surface area contributed by atoms with Crippen LogP contribution in [-0.2, 0) is 30.7 Å². The Bertz CT molecular complexity index is 597. The van der Waals surface area contributed by atoms with Gasteiger partial charge in [0, 0.05) is 0 Å². The van der Waals surface area contributed by atoms with Gasteiger partial charge in [0.25, 0.3) is 0 Å². The van der Waals surface area contributed by atoms with E-state index in [4.69, 9.17) is 9.47 Å². The monoisotopic (exact) mass is 372 g/mol. The summed E-state index contributed by atoms with van der Waals surface area (Å²) < 4.78 is 45.9. The Labute approximate surface area is 161 Å². The number of aliphatic hydroxyl groups excluding tert-OH is 3. The number of ether oxygens (including phenoxy) is 2. The van der Waals surface area contributed by atoms with E-state index < -0.39 is 47.7 Å². The fraction of sp³-hybridized carbons (Fsp3) is 0.538. The minimum Gasteiger partial charge on any atom is -0.726 e. The van der Waals surface area contributed by atoms with Crippen LogP contribution >= 0.6 is 0 Å². The minimum absolute atomic E-state index is 0. The summed E-state index contributed by atoms with van der Waals surface area (Å²) in [5.74, 6) is 0. The average molecular weight is 372 g/mol. The van der Waals surface area contributed by atoms with Gasteiger partial charge in [-0.3, -0.25) is 4.18 Å². The van der Waals surface area contributed by atoms with Gasteiger partial charge in [0.1, 0.15) is 24.4 Å². The predicted octanol–water partition coefficient (Wildman–Crippen LogP) is -4.51. The molecule has 1 aromatic rings. The first-order valence-electron chi connectivity index (χ1n) is 6.73. The zero-order chi connectivity index (χ0) is 17.0. The third-order valence-corrected chi connectivity index (χ3v) is 3.73. The second-order valence-corrected chi connectivity index (χ2v) is 6.06. The van der Waals surface area contributed by atoms with Crippen molar-refractivity contribution in [1.29, 1.82) is 0 Å². The first-order chi connectivity index (χ1) is 10.8. The normalized spacial score (nSPS) is 30.6. The second kappa shape index (κ2) is 9.55. The van der Waals surface area contributed by atoms with E-state index >= 15 is 0 Å². The van der Waals surface area contributed by atoms with E-state index in [1.165, 1.54) is 0 Å². The van der Waals surface area contributed by atoms with Crippen LogP contribution in [0.1, 0.15) is 5.56 Å². The molecule has 0 saturated carbocycles. The van der Waals surface area contributed by atoms with Gasteiger partial charge in [-0.15, -0.1) is 0 Å². The van der Waals surface area contributed by atoms with E-state index in [-0.39, 0.29) is 36.2 Å². The molecule has 0 bridgehead atoms. The second-order valence-electron chi connectivity index (χ2n) is 5.00. The van der Waals surface area contributed by atoms with Crippen LogP contribution in [0, 0.1) is 0 Å². The summed E-state index contributed by atoms with van der Waals surface area (Å²) in [6.45, 7) is -0.749. The Morgan fingerprint density at radius 1 is 1.08 bits per heavy atom. The van der Waals surface area contributed by atoms with Gasteiger partial charge in [-0.1, -0.05) is 30.3 Å². The minimum atomic E-state index is -4.98. The van der Waals surface area contributed by atoms with Crippen LogP contribution in [0.4, 0.5) is 0 Å². The number of rotatable bonds is 6. The molecule has 0 aliphatic carbocycles. The molecule has 1 saturated heterocycles. The quantitative estimate of drug-likeness (QED) is 0.255. The van der Waals surface area contributed by atoms with Gasteiger partial charge in [-0.05, 0) is 5.56 Å². The molecule has 11 heteroatoms. The molecule has 0 radical (unpaired) electrons. The van der Waals surface area contributed by atoms with Crippen LogP contribution in [0.25, 0.3) is 0 Å². The molecule has 3 N–H and O–H groups in total. The fourth-order valence-corrected chi connectivity index (χ4v) is 2.40. The van der Waals surface area contributed by atoms with Gasteiger partial charge >= 0.3 is 29.6 Å². The SMILES string of the molecule is O=S(=O)([O-])OC[C@H]1O[C@@H](OCc2ccccc2)[C@H](O)[C@@H](O)[C@@H]1O.[Na+]. The molecular formula is C13H17NaO9S. The Morgan fingerprint density at radius 2 is 1.71 bits per heavy atom. The Balaban J connectivity index is 0.00000288. The summed E-state index contributed by atoms with van der Waals surface area (Å²) in [6.07, 6.45) is -7.50. The molecule has 2 rings (SSSR count). The molecule has 24 heavy (non-hydrogen) atoms. The summed E-state index contributed by atoms with van der Waals surface area (Å²) in [5, 5.41) is 29.4. The van der Waals surface area contributed by atoms with E-state index in [0.717, 1.165) is 5.56 Å². The standard InChI is InChI=1S/C13H18O9S.Na/c14-10-9(7-21-23(17,18)19)22-13(12(16)11(10)15)20-6-8-4-2-1-3-5-8;/h1-5,9-16H,6-7H2,(H,17,18,19);/q;+1/p-1/t9-,10-,11+,12-,13-;/m1./s1. The maximum atomic E-state index is 10.5. The van der Waals surface area contributed by atoms with Gasteiger partial charge in [-0.25, -0.2) is 8.42 Å². The van der Waals surface area contributed by atoms with Gasteiger partial charge in [0.05, 0.1) is 13.2 Å². The molecular weight excluding hydrogens is 355 g/mol. The van der Waals surface area contributed by atoms with Crippen molar-refractivity contribution < 1.29 is 71.5 Å². The van der Waals surface area contributed by atoms with Gasteiger partial charge in [0.2, 0.25) is 10.4 Å². The van der Waals surface area contributed by atoms with E-state index in [0.29, 0.717) is 0 Å². The fourth-order valence-electron chi connectivity index (χ4n) is 2.09. The number of aliphatic hydroxyl groups is 3. The van der Waals surface area contributed by atoms with Crippen molar-refractivity contribution in [3.63, 3.8) is 0 Å². The maximum absolute atomic E-state index is 10.5. The van der Waals surface area contributed by atoms with Crippen molar-refractivity contribution in [1.82, 2.24) is 0 Å². The zero-order valence-electron chi connectivity index (χ0n) is 12.9. The van der Waals surface area contributed by atoms with Crippen molar-refractivity contribution in [3.8, 4) is 0 Å². The van der Waals surface area contributed by atoms with E-state index in [9.17, 15) is 28.3 Å². The van der Waals surface area contributed by atoms with Gasteiger partial charge in [-0.2, -0.15) is 0 Å². The summed E-state index contributed by atoms with van der Waals surface area (Å²) in [5.41, 5.74) is 0.777. The molecule has 5 atom stereocenters. The molecule has 1 aromatic carbocycles. The van der Waals surface area contributed by atoms with Crippen LogP contribution in [0.2, 0.25) is 0 Å². The summed E-state index contributed by atoms with van der Waals surface area (Å²) in [7, 11) is -4.98. The van der Waals surface area contributed by atoms with Crippen molar-refractivity contribution >= 4 is 10.4 Å². The predicted molar refractivity (Wildman–Crippen MR) is 73.6 cm³/mol. The third kappa shape index (κ3) is 6.32.